The standard InChI is InChI=1S/C15H12ClN3S2/c1-20-15(19(16)11-17)18-12-7-9-14(10-8-12)21-13-5-3-2-4-6-13/h2-10H,1H3. The van der Waals surface area contributed by atoms with Crippen LogP contribution in [-0.4, -0.2) is 15.8 Å². The number of hydrogen-bond donors (Lipinski definition) is 0. The van der Waals surface area contributed by atoms with Crippen molar-refractivity contribution < 1.29 is 0 Å². The Hall–Kier alpha value is -1.61. The smallest absolute Gasteiger partial charge is 0.202 e. The topological polar surface area (TPSA) is 39.4 Å². The quantitative estimate of drug-likeness (QED) is 0.257. The molecule has 0 spiro atoms. The molecule has 0 saturated carbocycles. The Bertz CT molecular complexity index is 651. The highest BCUT2D eigenvalue weighted by molar-refractivity contribution is 8.13. The summed E-state index contributed by atoms with van der Waals surface area (Å²) in [7, 11) is 0. The minimum absolute atomic E-state index is 0.447. The first kappa shape index (κ1) is 15.8. The van der Waals surface area contributed by atoms with Gasteiger partial charge in [0, 0.05) is 21.6 Å². The number of aliphatic imine (C=N–C) groups is 1. The highest BCUT2D eigenvalue weighted by atomic mass is 35.5. The lowest BCUT2D eigenvalue weighted by Gasteiger charge is -2.06. The van der Waals surface area contributed by atoms with Crippen molar-refractivity contribution in [2.45, 2.75) is 9.79 Å². The van der Waals surface area contributed by atoms with Crippen LogP contribution in [0.15, 0.2) is 69.4 Å². The molecule has 2 aromatic rings. The highest BCUT2D eigenvalue weighted by Crippen LogP contribution is 2.29. The van der Waals surface area contributed by atoms with Gasteiger partial charge in [-0.25, -0.2) is 4.99 Å². The summed E-state index contributed by atoms with van der Waals surface area (Å²) in [6.45, 7) is 0. The highest BCUT2D eigenvalue weighted by Gasteiger charge is 2.06. The van der Waals surface area contributed by atoms with Crippen LogP contribution >= 0.6 is 35.3 Å². The molecule has 0 atom stereocenters. The van der Waals surface area contributed by atoms with E-state index in [1.807, 2.05) is 54.9 Å². The molecule has 0 unspecified atom stereocenters. The number of benzene rings is 2. The Kier molecular flexibility index (Phi) is 6.00. The van der Waals surface area contributed by atoms with E-state index >= 15 is 0 Å². The van der Waals surface area contributed by atoms with Crippen LogP contribution < -0.4 is 0 Å². The van der Waals surface area contributed by atoms with Crippen LogP contribution in [0, 0.1) is 11.5 Å². The molecule has 0 fully saturated rings. The SMILES string of the molecule is CSC(=Nc1ccc(Sc2ccccc2)cc1)N(Cl)C#N. The summed E-state index contributed by atoms with van der Waals surface area (Å²) in [5.74, 6) is 0. The van der Waals surface area contributed by atoms with E-state index in [9.17, 15) is 0 Å². The number of rotatable bonds is 3. The maximum atomic E-state index is 8.77. The normalized spacial score (nSPS) is 11.0. The summed E-state index contributed by atoms with van der Waals surface area (Å²) in [4.78, 5) is 6.66. The van der Waals surface area contributed by atoms with E-state index in [0.717, 1.165) is 15.0 Å². The summed E-state index contributed by atoms with van der Waals surface area (Å²) in [6.07, 6.45) is 3.65. The van der Waals surface area contributed by atoms with Gasteiger partial charge in [0.15, 0.2) is 5.17 Å². The molecular weight excluding hydrogens is 322 g/mol. The van der Waals surface area contributed by atoms with Crippen LogP contribution in [0.4, 0.5) is 5.69 Å². The van der Waals surface area contributed by atoms with Gasteiger partial charge in [0.1, 0.15) is 0 Å². The van der Waals surface area contributed by atoms with Crippen molar-refractivity contribution in [1.82, 2.24) is 4.42 Å². The van der Waals surface area contributed by atoms with E-state index in [-0.39, 0.29) is 0 Å². The van der Waals surface area contributed by atoms with Gasteiger partial charge in [0.2, 0.25) is 6.19 Å². The first-order valence-corrected chi connectivity index (χ1v) is 8.42. The van der Waals surface area contributed by atoms with Gasteiger partial charge >= 0.3 is 0 Å². The minimum Gasteiger partial charge on any atom is -0.223 e. The Labute approximate surface area is 137 Å². The van der Waals surface area contributed by atoms with E-state index in [0.29, 0.717) is 5.17 Å². The Morgan fingerprint density at radius 1 is 1.10 bits per heavy atom. The summed E-state index contributed by atoms with van der Waals surface area (Å²) in [6, 6.07) is 18.0. The fraction of sp³-hybridized carbons (Fsp3) is 0.0667. The van der Waals surface area contributed by atoms with Crippen molar-refractivity contribution in [3.8, 4) is 6.19 Å². The molecule has 3 nitrogen and oxygen atoms in total. The fourth-order valence-electron chi connectivity index (χ4n) is 1.54. The second-order valence-corrected chi connectivity index (χ2v) is 6.15. The molecule has 0 saturated heterocycles. The number of hydrogen-bond acceptors (Lipinski definition) is 4. The second kappa shape index (κ2) is 7.99. The third kappa shape index (κ3) is 4.71. The molecule has 21 heavy (non-hydrogen) atoms. The van der Waals surface area contributed by atoms with Crippen molar-refractivity contribution >= 4 is 46.2 Å². The van der Waals surface area contributed by atoms with Crippen LogP contribution in [0.5, 0.6) is 0 Å². The van der Waals surface area contributed by atoms with Crippen molar-refractivity contribution in [2.75, 3.05) is 6.26 Å². The van der Waals surface area contributed by atoms with E-state index in [1.54, 1.807) is 11.8 Å². The third-order valence-corrected chi connectivity index (χ3v) is 4.47. The molecule has 0 aliphatic carbocycles. The average molecular weight is 334 g/mol. The molecule has 2 rings (SSSR count). The van der Waals surface area contributed by atoms with Gasteiger partial charge in [0.25, 0.3) is 0 Å². The van der Waals surface area contributed by atoms with Gasteiger partial charge in [-0.1, -0.05) is 41.7 Å². The molecule has 0 bridgehead atoms. The minimum atomic E-state index is 0.447. The van der Waals surface area contributed by atoms with E-state index in [1.165, 1.54) is 16.7 Å². The molecule has 6 heteroatoms. The van der Waals surface area contributed by atoms with Crippen molar-refractivity contribution in [2.24, 2.45) is 4.99 Å². The van der Waals surface area contributed by atoms with Gasteiger partial charge in [-0.2, -0.15) is 9.68 Å². The first-order chi connectivity index (χ1) is 10.2. The lowest BCUT2D eigenvalue weighted by molar-refractivity contribution is 0.947. The zero-order valence-electron chi connectivity index (χ0n) is 11.2. The zero-order valence-corrected chi connectivity index (χ0v) is 13.6. The number of thioether (sulfide) groups is 1. The van der Waals surface area contributed by atoms with Crippen LogP contribution in [0.3, 0.4) is 0 Å². The number of halogens is 1. The lowest BCUT2D eigenvalue weighted by atomic mass is 10.3. The summed E-state index contributed by atoms with van der Waals surface area (Å²) >= 11 is 8.75. The molecule has 2 aromatic carbocycles. The van der Waals surface area contributed by atoms with E-state index in [2.05, 4.69) is 17.1 Å². The van der Waals surface area contributed by atoms with Gasteiger partial charge < -0.3 is 0 Å². The Morgan fingerprint density at radius 2 is 1.71 bits per heavy atom. The molecule has 0 radical (unpaired) electrons. The van der Waals surface area contributed by atoms with Crippen LogP contribution in [0.25, 0.3) is 0 Å². The fourth-order valence-corrected chi connectivity index (χ4v) is 3.02. The average Bonchev–Trinajstić information content (AvgIpc) is 2.54. The molecule has 0 amide bonds. The summed E-state index contributed by atoms with van der Waals surface area (Å²) in [5, 5.41) is 9.22. The third-order valence-electron chi connectivity index (χ3n) is 2.48. The monoisotopic (exact) mass is 333 g/mol. The lowest BCUT2D eigenvalue weighted by Crippen LogP contribution is -2.10. The number of nitriles is 1. The van der Waals surface area contributed by atoms with Crippen LogP contribution in [0.1, 0.15) is 0 Å². The molecule has 0 aliphatic heterocycles. The molecule has 0 aliphatic rings. The zero-order chi connectivity index (χ0) is 15.1. The number of nitrogens with zero attached hydrogens (tertiary/aromatic N) is 3. The maximum absolute atomic E-state index is 8.77. The molecule has 106 valence electrons. The van der Waals surface area contributed by atoms with Gasteiger partial charge in [-0.05, 0) is 42.7 Å². The molecule has 0 heterocycles. The van der Waals surface area contributed by atoms with Gasteiger partial charge in [0.05, 0.1) is 5.69 Å². The second-order valence-electron chi connectivity index (χ2n) is 3.89. The van der Waals surface area contributed by atoms with Gasteiger partial charge in [-0.3, -0.25) is 0 Å². The van der Waals surface area contributed by atoms with E-state index < -0.39 is 0 Å². The maximum Gasteiger partial charge on any atom is 0.202 e. The summed E-state index contributed by atoms with van der Waals surface area (Å²) < 4.78 is 0.928. The van der Waals surface area contributed by atoms with Crippen molar-refractivity contribution in [3.05, 3.63) is 54.6 Å². The molecule has 0 aromatic heterocycles. The predicted molar refractivity (Wildman–Crippen MR) is 90.9 cm³/mol. The number of amidine groups is 1. The first-order valence-electron chi connectivity index (χ1n) is 6.04. The van der Waals surface area contributed by atoms with Crippen molar-refractivity contribution in [1.29, 1.82) is 5.26 Å². The molecule has 0 N–H and O–H groups in total. The summed E-state index contributed by atoms with van der Waals surface area (Å²) in [5.41, 5.74) is 0.762. The molecular formula is C15H12ClN3S2. The Morgan fingerprint density at radius 3 is 2.29 bits per heavy atom. The van der Waals surface area contributed by atoms with Crippen molar-refractivity contribution in [3.63, 3.8) is 0 Å². The Balaban J connectivity index is 2.12. The van der Waals surface area contributed by atoms with Gasteiger partial charge in [-0.15, -0.1) is 0 Å². The largest absolute Gasteiger partial charge is 0.223 e. The van der Waals surface area contributed by atoms with Crippen LogP contribution in [0.2, 0.25) is 0 Å². The van der Waals surface area contributed by atoms with Crippen LogP contribution in [-0.2, 0) is 0 Å². The predicted octanol–water partition coefficient (Wildman–Crippen LogP) is 5.13. The van der Waals surface area contributed by atoms with E-state index in [4.69, 9.17) is 17.0 Å².